The third-order valence-corrected chi connectivity index (χ3v) is 5.57. The molecule has 144 valence electrons. The van der Waals surface area contributed by atoms with Gasteiger partial charge in [0.1, 0.15) is 17.1 Å². The highest BCUT2D eigenvalue weighted by Gasteiger charge is 2.69. The molecule has 1 amide bonds. The zero-order chi connectivity index (χ0) is 19.1. The van der Waals surface area contributed by atoms with Gasteiger partial charge in [-0.25, -0.2) is 0 Å². The largest absolute Gasteiger partial charge is 0.403 e. The van der Waals surface area contributed by atoms with E-state index in [1.807, 2.05) is 34.9 Å². The van der Waals surface area contributed by atoms with E-state index >= 15 is 0 Å². The molecule has 27 heavy (non-hydrogen) atoms. The highest BCUT2D eigenvalue weighted by molar-refractivity contribution is 5.86. The standard InChI is InChI=1S/C19H21F3N4O/c20-19(21,22)18(9-10-18)17(27)25-11-8-16-24-23-15(26(16)13-12-25)7-6-14-4-2-1-3-5-14/h1-5H,6-13H2. The van der Waals surface area contributed by atoms with Crippen molar-refractivity contribution in [3.05, 3.63) is 47.5 Å². The van der Waals surface area contributed by atoms with Crippen LogP contribution in [0.3, 0.4) is 0 Å². The van der Waals surface area contributed by atoms with Crippen LogP contribution in [0, 0.1) is 5.41 Å². The highest BCUT2D eigenvalue weighted by Crippen LogP contribution is 2.58. The predicted molar refractivity (Wildman–Crippen MR) is 91.9 cm³/mol. The Hall–Kier alpha value is -2.38. The van der Waals surface area contributed by atoms with Crippen molar-refractivity contribution in [2.75, 3.05) is 13.1 Å². The van der Waals surface area contributed by atoms with E-state index in [1.54, 1.807) is 0 Å². The van der Waals surface area contributed by atoms with E-state index in [1.165, 1.54) is 10.5 Å². The summed E-state index contributed by atoms with van der Waals surface area (Å²) in [6.07, 6.45) is -2.71. The minimum atomic E-state index is -4.47. The van der Waals surface area contributed by atoms with E-state index in [9.17, 15) is 18.0 Å². The Morgan fingerprint density at radius 2 is 1.78 bits per heavy atom. The SMILES string of the molecule is O=C(N1CCc2nnc(CCc3ccccc3)n2CC1)C1(C(F)(F)F)CC1. The van der Waals surface area contributed by atoms with Gasteiger partial charge in [0.15, 0.2) is 0 Å². The van der Waals surface area contributed by atoms with E-state index in [0.717, 1.165) is 18.1 Å². The zero-order valence-corrected chi connectivity index (χ0v) is 14.9. The third kappa shape index (κ3) is 3.33. The summed E-state index contributed by atoms with van der Waals surface area (Å²) in [5.74, 6) is 0.782. The van der Waals surface area contributed by atoms with Gasteiger partial charge in [-0.2, -0.15) is 13.2 Å². The molecule has 2 aromatic rings. The second kappa shape index (κ2) is 6.65. The van der Waals surface area contributed by atoms with Crippen LogP contribution in [0.5, 0.6) is 0 Å². The average Bonchev–Trinajstić information content (AvgIpc) is 3.42. The molecule has 1 aromatic carbocycles. The predicted octanol–water partition coefficient (Wildman–Crippen LogP) is 2.79. The number of nitrogens with zero attached hydrogens (tertiary/aromatic N) is 4. The van der Waals surface area contributed by atoms with Crippen LogP contribution in [0.25, 0.3) is 0 Å². The molecule has 0 radical (unpaired) electrons. The molecule has 1 aromatic heterocycles. The van der Waals surface area contributed by atoms with Gasteiger partial charge in [0.05, 0.1) is 0 Å². The molecule has 2 heterocycles. The first-order valence-electron chi connectivity index (χ1n) is 9.22. The van der Waals surface area contributed by atoms with Crippen molar-refractivity contribution >= 4 is 5.91 Å². The van der Waals surface area contributed by atoms with Crippen molar-refractivity contribution in [2.45, 2.75) is 44.8 Å². The second-order valence-electron chi connectivity index (χ2n) is 7.29. The lowest BCUT2D eigenvalue weighted by Gasteiger charge is -2.27. The van der Waals surface area contributed by atoms with E-state index < -0.39 is 17.5 Å². The molecule has 8 heteroatoms. The number of benzene rings is 1. The van der Waals surface area contributed by atoms with Crippen molar-refractivity contribution < 1.29 is 18.0 Å². The van der Waals surface area contributed by atoms with Crippen molar-refractivity contribution in [1.82, 2.24) is 19.7 Å². The molecule has 1 aliphatic carbocycles. The number of rotatable bonds is 4. The van der Waals surface area contributed by atoms with Crippen LogP contribution in [-0.4, -0.2) is 44.8 Å². The Bertz CT molecular complexity index is 827. The first-order chi connectivity index (χ1) is 12.9. The van der Waals surface area contributed by atoms with Crippen molar-refractivity contribution in [3.8, 4) is 0 Å². The Labute approximate surface area is 155 Å². The van der Waals surface area contributed by atoms with Gasteiger partial charge < -0.3 is 9.47 Å². The average molecular weight is 378 g/mol. The smallest absolute Gasteiger partial charge is 0.340 e. The number of aromatic nitrogens is 3. The minimum absolute atomic E-state index is 0.0969. The van der Waals surface area contributed by atoms with Crippen LogP contribution in [0.1, 0.15) is 30.1 Å². The Morgan fingerprint density at radius 3 is 2.44 bits per heavy atom. The summed E-state index contributed by atoms with van der Waals surface area (Å²) in [5, 5.41) is 8.46. The third-order valence-electron chi connectivity index (χ3n) is 5.57. The van der Waals surface area contributed by atoms with Crippen LogP contribution < -0.4 is 0 Å². The molecular weight excluding hydrogens is 357 g/mol. The summed E-state index contributed by atoms with van der Waals surface area (Å²) in [7, 11) is 0. The number of fused-ring (bicyclic) bond motifs is 1. The fourth-order valence-corrected chi connectivity index (χ4v) is 3.72. The number of carbonyl (C=O) groups is 1. The molecule has 0 bridgehead atoms. The van der Waals surface area contributed by atoms with E-state index in [0.29, 0.717) is 19.4 Å². The van der Waals surface area contributed by atoms with Crippen molar-refractivity contribution in [2.24, 2.45) is 5.41 Å². The molecule has 2 aliphatic rings. The number of hydrogen-bond donors (Lipinski definition) is 0. The maximum absolute atomic E-state index is 13.3. The van der Waals surface area contributed by atoms with E-state index in [4.69, 9.17) is 0 Å². The van der Waals surface area contributed by atoms with Crippen LogP contribution in [0.15, 0.2) is 30.3 Å². The number of carbonyl (C=O) groups excluding carboxylic acids is 1. The number of amides is 1. The fourth-order valence-electron chi connectivity index (χ4n) is 3.72. The summed E-state index contributed by atoms with van der Waals surface area (Å²) < 4.78 is 41.7. The quantitative estimate of drug-likeness (QED) is 0.822. The number of halogens is 3. The van der Waals surface area contributed by atoms with Gasteiger partial charge in [0, 0.05) is 32.5 Å². The molecule has 0 unspecified atom stereocenters. The molecule has 0 saturated heterocycles. The number of hydrogen-bond acceptors (Lipinski definition) is 3. The van der Waals surface area contributed by atoms with Crippen LogP contribution >= 0.6 is 0 Å². The monoisotopic (exact) mass is 378 g/mol. The van der Waals surface area contributed by atoms with Crippen LogP contribution in [0.2, 0.25) is 0 Å². The normalized spacial score (nSPS) is 18.7. The van der Waals surface area contributed by atoms with Gasteiger partial charge in [-0.05, 0) is 24.8 Å². The molecule has 1 fully saturated rings. The highest BCUT2D eigenvalue weighted by atomic mass is 19.4. The molecule has 0 N–H and O–H groups in total. The maximum atomic E-state index is 13.3. The maximum Gasteiger partial charge on any atom is 0.403 e. The van der Waals surface area contributed by atoms with Gasteiger partial charge in [-0.1, -0.05) is 30.3 Å². The topological polar surface area (TPSA) is 51.0 Å². The van der Waals surface area contributed by atoms with Crippen molar-refractivity contribution in [3.63, 3.8) is 0 Å². The molecular formula is C19H21F3N4O. The molecule has 1 aliphatic heterocycles. The summed E-state index contributed by atoms with van der Waals surface area (Å²) >= 11 is 0. The van der Waals surface area contributed by atoms with E-state index in [2.05, 4.69) is 10.2 Å². The number of alkyl halides is 3. The lowest BCUT2D eigenvalue weighted by molar-refractivity contribution is -0.198. The van der Waals surface area contributed by atoms with Gasteiger partial charge in [-0.15, -0.1) is 10.2 Å². The van der Waals surface area contributed by atoms with E-state index in [-0.39, 0.29) is 25.9 Å². The van der Waals surface area contributed by atoms with Gasteiger partial charge in [0.2, 0.25) is 5.91 Å². The minimum Gasteiger partial charge on any atom is -0.340 e. The van der Waals surface area contributed by atoms with Crippen LogP contribution in [-0.2, 0) is 30.6 Å². The lowest BCUT2D eigenvalue weighted by atomic mass is 10.0. The molecule has 1 saturated carbocycles. The lowest BCUT2D eigenvalue weighted by Crippen LogP contribution is -2.45. The van der Waals surface area contributed by atoms with Crippen LogP contribution in [0.4, 0.5) is 13.2 Å². The first-order valence-corrected chi connectivity index (χ1v) is 9.22. The molecule has 5 nitrogen and oxygen atoms in total. The Balaban J connectivity index is 1.43. The number of aryl methyl sites for hydroxylation is 2. The van der Waals surface area contributed by atoms with Gasteiger partial charge in [-0.3, -0.25) is 4.79 Å². The summed E-state index contributed by atoms with van der Waals surface area (Å²) in [6.45, 7) is 0.958. The van der Waals surface area contributed by atoms with Gasteiger partial charge in [0.25, 0.3) is 0 Å². The summed E-state index contributed by atoms with van der Waals surface area (Å²) in [5.41, 5.74) is -0.950. The summed E-state index contributed by atoms with van der Waals surface area (Å²) in [6, 6.07) is 10.0. The first kappa shape index (κ1) is 18.0. The Kier molecular flexibility index (Phi) is 4.44. The summed E-state index contributed by atoms with van der Waals surface area (Å²) in [4.78, 5) is 13.9. The fraction of sp³-hybridized carbons (Fsp3) is 0.526. The second-order valence-corrected chi connectivity index (χ2v) is 7.29. The Morgan fingerprint density at radius 1 is 1.04 bits per heavy atom. The zero-order valence-electron chi connectivity index (χ0n) is 14.9. The molecule has 4 rings (SSSR count). The van der Waals surface area contributed by atoms with Crippen molar-refractivity contribution in [1.29, 1.82) is 0 Å². The molecule has 0 atom stereocenters. The molecule has 0 spiro atoms. The van der Waals surface area contributed by atoms with Gasteiger partial charge >= 0.3 is 6.18 Å².